The number of aromatic hydroxyl groups is 1. The molecule has 3 aromatic rings. The molecule has 0 fully saturated rings. The third kappa shape index (κ3) is 2.51. The highest BCUT2D eigenvalue weighted by atomic mass is 19.1. The van der Waals surface area contributed by atoms with E-state index in [-0.39, 0.29) is 11.4 Å². The number of nitrogens with zero attached hydrogens (tertiary/aromatic N) is 2. The van der Waals surface area contributed by atoms with Crippen LogP contribution in [-0.4, -0.2) is 5.11 Å². The van der Waals surface area contributed by atoms with E-state index in [1.807, 2.05) is 0 Å². The number of halogens is 1. The molecule has 3 rings (SSSR count). The van der Waals surface area contributed by atoms with Crippen LogP contribution < -0.4 is 5.63 Å². The molecule has 1 N–H and O–H groups in total. The largest absolute Gasteiger partial charge is 0.480 e. The zero-order valence-electron chi connectivity index (χ0n) is 10.7. The fourth-order valence-corrected chi connectivity index (χ4v) is 1.92. The molecule has 0 amide bonds. The van der Waals surface area contributed by atoms with Crippen molar-refractivity contribution < 1.29 is 13.9 Å². The molecule has 1 heterocycles. The maximum Gasteiger partial charge on any atom is 0.367 e. The van der Waals surface area contributed by atoms with Crippen molar-refractivity contribution in [3.63, 3.8) is 0 Å². The molecule has 0 atom stereocenters. The Bertz CT molecular complexity index is 903. The molecule has 0 aliphatic carbocycles. The van der Waals surface area contributed by atoms with Crippen LogP contribution in [0.25, 0.3) is 10.8 Å². The van der Waals surface area contributed by atoms with Crippen LogP contribution in [-0.2, 0) is 0 Å². The van der Waals surface area contributed by atoms with E-state index in [1.54, 1.807) is 30.3 Å². The Hall–Kier alpha value is -3.02. The van der Waals surface area contributed by atoms with Gasteiger partial charge in [0.15, 0.2) is 5.69 Å². The minimum atomic E-state index is -0.814. The second-order valence-electron chi connectivity index (χ2n) is 4.27. The summed E-state index contributed by atoms with van der Waals surface area (Å²) >= 11 is 0. The zero-order chi connectivity index (χ0) is 14.8. The minimum Gasteiger partial charge on any atom is -0.480 e. The van der Waals surface area contributed by atoms with E-state index >= 15 is 0 Å². The van der Waals surface area contributed by atoms with Gasteiger partial charge in [-0.2, -0.15) is 5.11 Å². The van der Waals surface area contributed by atoms with Gasteiger partial charge < -0.3 is 9.52 Å². The Labute approximate surface area is 118 Å². The molecular formula is C15H9FN2O3. The number of hydrogen-bond donors (Lipinski definition) is 1. The van der Waals surface area contributed by atoms with Crippen LogP contribution in [0.15, 0.2) is 68.0 Å². The highest BCUT2D eigenvalue weighted by Crippen LogP contribution is 2.30. The Kier molecular flexibility index (Phi) is 3.19. The fraction of sp³-hybridized carbons (Fsp3) is 0. The number of hydrogen-bond acceptors (Lipinski definition) is 5. The lowest BCUT2D eigenvalue weighted by molar-refractivity contribution is 0.318. The first-order valence-electron chi connectivity index (χ1n) is 6.07. The van der Waals surface area contributed by atoms with Gasteiger partial charge >= 0.3 is 5.63 Å². The van der Waals surface area contributed by atoms with Crippen LogP contribution in [0.1, 0.15) is 0 Å². The van der Waals surface area contributed by atoms with Gasteiger partial charge in [0.25, 0.3) is 5.95 Å². The summed E-state index contributed by atoms with van der Waals surface area (Å²) in [6.07, 6.45) is 0. The number of azo groups is 1. The van der Waals surface area contributed by atoms with Gasteiger partial charge in [0, 0.05) is 11.5 Å². The van der Waals surface area contributed by atoms with Gasteiger partial charge in [-0.1, -0.05) is 24.3 Å². The first-order valence-corrected chi connectivity index (χ1v) is 6.07. The molecule has 0 aliphatic rings. The van der Waals surface area contributed by atoms with E-state index in [4.69, 9.17) is 4.42 Å². The Morgan fingerprint density at radius 3 is 2.52 bits per heavy atom. The minimum absolute atomic E-state index is 0.0485. The fourth-order valence-electron chi connectivity index (χ4n) is 1.92. The second kappa shape index (κ2) is 5.16. The van der Waals surface area contributed by atoms with Crippen molar-refractivity contribution in [3.8, 4) is 5.95 Å². The topological polar surface area (TPSA) is 75.2 Å². The predicted molar refractivity (Wildman–Crippen MR) is 74.7 cm³/mol. The second-order valence-corrected chi connectivity index (χ2v) is 4.27. The van der Waals surface area contributed by atoms with Crippen molar-refractivity contribution in [2.75, 3.05) is 0 Å². The number of benzene rings is 2. The molecule has 0 saturated carbocycles. The van der Waals surface area contributed by atoms with Crippen molar-refractivity contribution in [2.24, 2.45) is 10.2 Å². The quantitative estimate of drug-likeness (QED) is 0.721. The standard InChI is InChI=1S/C15H9FN2O3/c16-9-4-3-5-10(8-9)17-18-13-11-6-1-2-7-12(11)14(19)21-15(13)20/h1-8,19H. The van der Waals surface area contributed by atoms with Gasteiger partial charge in [0.1, 0.15) is 5.82 Å². The summed E-state index contributed by atoms with van der Waals surface area (Å²) in [5.74, 6) is -0.922. The zero-order valence-corrected chi connectivity index (χ0v) is 10.7. The van der Waals surface area contributed by atoms with Crippen LogP contribution in [0.4, 0.5) is 15.8 Å². The molecule has 0 spiro atoms. The predicted octanol–water partition coefficient (Wildman–Crippen LogP) is 4.05. The summed E-state index contributed by atoms with van der Waals surface area (Å²) in [6, 6.07) is 12.1. The third-order valence-electron chi connectivity index (χ3n) is 2.87. The Morgan fingerprint density at radius 1 is 1.00 bits per heavy atom. The molecule has 1 aromatic heterocycles. The van der Waals surface area contributed by atoms with Crippen molar-refractivity contribution in [1.29, 1.82) is 0 Å². The third-order valence-corrected chi connectivity index (χ3v) is 2.87. The molecule has 0 unspecified atom stereocenters. The van der Waals surface area contributed by atoms with Gasteiger partial charge in [-0.05, 0) is 18.2 Å². The lowest BCUT2D eigenvalue weighted by Gasteiger charge is -2.01. The lowest BCUT2D eigenvalue weighted by Crippen LogP contribution is -1.98. The Balaban J connectivity index is 2.15. The van der Waals surface area contributed by atoms with Crippen LogP contribution >= 0.6 is 0 Å². The van der Waals surface area contributed by atoms with E-state index in [1.165, 1.54) is 18.2 Å². The molecule has 6 heteroatoms. The van der Waals surface area contributed by atoms with Crippen LogP contribution in [0, 0.1) is 5.82 Å². The van der Waals surface area contributed by atoms with Crippen molar-refractivity contribution in [3.05, 3.63) is 64.8 Å². The van der Waals surface area contributed by atoms with Gasteiger partial charge in [-0.25, -0.2) is 9.18 Å². The van der Waals surface area contributed by atoms with Crippen molar-refractivity contribution in [1.82, 2.24) is 0 Å². The van der Waals surface area contributed by atoms with Crippen LogP contribution in [0.3, 0.4) is 0 Å². The molecule has 21 heavy (non-hydrogen) atoms. The molecule has 0 radical (unpaired) electrons. The van der Waals surface area contributed by atoms with Gasteiger partial charge in [0.2, 0.25) is 0 Å². The summed E-state index contributed by atoms with van der Waals surface area (Å²) in [6.45, 7) is 0. The summed E-state index contributed by atoms with van der Waals surface area (Å²) in [5.41, 5.74) is -0.592. The van der Waals surface area contributed by atoms with Crippen molar-refractivity contribution >= 4 is 22.1 Å². The number of fused-ring (bicyclic) bond motifs is 1. The van der Waals surface area contributed by atoms with Crippen molar-refractivity contribution in [2.45, 2.75) is 0 Å². The van der Waals surface area contributed by atoms with Crippen LogP contribution in [0.2, 0.25) is 0 Å². The molecular weight excluding hydrogens is 275 g/mol. The maximum absolute atomic E-state index is 13.1. The summed E-state index contributed by atoms with van der Waals surface area (Å²) in [7, 11) is 0. The molecule has 104 valence electrons. The number of rotatable bonds is 2. The lowest BCUT2D eigenvalue weighted by atomic mass is 10.1. The van der Waals surface area contributed by atoms with E-state index in [9.17, 15) is 14.3 Å². The molecule has 0 aliphatic heterocycles. The SMILES string of the molecule is O=c1oc(O)c2ccccc2c1N=Nc1cccc(F)c1. The van der Waals surface area contributed by atoms with E-state index < -0.39 is 17.4 Å². The summed E-state index contributed by atoms with van der Waals surface area (Å²) in [4.78, 5) is 11.8. The van der Waals surface area contributed by atoms with E-state index in [0.29, 0.717) is 10.8 Å². The monoisotopic (exact) mass is 284 g/mol. The summed E-state index contributed by atoms with van der Waals surface area (Å²) in [5, 5.41) is 18.0. The van der Waals surface area contributed by atoms with Gasteiger partial charge in [0.05, 0.1) is 11.1 Å². The molecule has 2 aromatic carbocycles. The molecule has 0 saturated heterocycles. The van der Waals surface area contributed by atoms with Gasteiger partial charge in [-0.15, -0.1) is 5.11 Å². The maximum atomic E-state index is 13.1. The average molecular weight is 284 g/mol. The highest BCUT2D eigenvalue weighted by molar-refractivity contribution is 5.94. The summed E-state index contributed by atoms with van der Waals surface area (Å²) < 4.78 is 17.8. The molecule has 5 nitrogen and oxygen atoms in total. The highest BCUT2D eigenvalue weighted by Gasteiger charge is 2.11. The van der Waals surface area contributed by atoms with Crippen LogP contribution in [0.5, 0.6) is 5.95 Å². The molecule has 0 bridgehead atoms. The Morgan fingerprint density at radius 2 is 1.76 bits per heavy atom. The first-order chi connectivity index (χ1) is 10.1. The van der Waals surface area contributed by atoms with E-state index in [0.717, 1.165) is 0 Å². The normalized spacial score (nSPS) is 11.3. The first kappa shape index (κ1) is 13.0. The van der Waals surface area contributed by atoms with E-state index in [2.05, 4.69) is 10.2 Å². The smallest absolute Gasteiger partial charge is 0.367 e. The average Bonchev–Trinajstić information content (AvgIpc) is 2.47. The van der Waals surface area contributed by atoms with Gasteiger partial charge in [-0.3, -0.25) is 0 Å².